The summed E-state index contributed by atoms with van der Waals surface area (Å²) in [7, 11) is 0. The summed E-state index contributed by atoms with van der Waals surface area (Å²) in [5.41, 5.74) is 0.417. The summed E-state index contributed by atoms with van der Waals surface area (Å²) >= 11 is 4.95. The van der Waals surface area contributed by atoms with E-state index in [0.29, 0.717) is 11.4 Å². The molecule has 3 rings (SSSR count). The Labute approximate surface area is 142 Å². The van der Waals surface area contributed by atoms with E-state index in [-0.39, 0.29) is 5.65 Å². The van der Waals surface area contributed by atoms with E-state index in [1.54, 1.807) is 24.2 Å². The number of fused-ring (bicyclic) bond motifs is 1. The van der Waals surface area contributed by atoms with E-state index in [0.717, 1.165) is 27.4 Å². The number of rotatable bonds is 3. The number of nitrogens with zero attached hydrogens (tertiary/aromatic N) is 4. The van der Waals surface area contributed by atoms with E-state index in [1.807, 2.05) is 13.0 Å². The molecule has 0 bridgehead atoms. The Bertz CT molecular complexity index is 863. The van der Waals surface area contributed by atoms with Crippen molar-refractivity contribution in [2.45, 2.75) is 18.0 Å². The topological polar surface area (TPSA) is 43.1 Å². The minimum atomic E-state index is -4.44. The van der Waals surface area contributed by atoms with Crippen molar-refractivity contribution in [3.63, 3.8) is 0 Å². The van der Waals surface area contributed by atoms with Crippen molar-refractivity contribution < 1.29 is 13.2 Å². The molecule has 120 valence electrons. The molecule has 0 aliphatic heterocycles. The van der Waals surface area contributed by atoms with Gasteiger partial charge in [-0.3, -0.25) is 4.98 Å². The highest BCUT2D eigenvalue weighted by molar-refractivity contribution is 9.10. The molecule has 0 aliphatic carbocycles. The number of halogens is 4. The fraction of sp³-hybridized carbons (Fsp3) is 0.214. The number of thioether (sulfide) groups is 1. The zero-order chi connectivity index (χ0) is 16.6. The van der Waals surface area contributed by atoms with Gasteiger partial charge in [0.15, 0.2) is 5.65 Å². The third-order valence-corrected chi connectivity index (χ3v) is 4.35. The summed E-state index contributed by atoms with van der Waals surface area (Å²) in [5.74, 6) is 0.842. The van der Waals surface area contributed by atoms with Gasteiger partial charge in [-0.05, 0) is 33.8 Å². The Balaban J connectivity index is 2.11. The second-order valence-electron chi connectivity index (χ2n) is 4.60. The molecule has 4 nitrogen and oxygen atoms in total. The smallest absolute Gasteiger partial charge is 0.252 e. The van der Waals surface area contributed by atoms with Crippen LogP contribution in [0.3, 0.4) is 0 Å². The molecule has 3 aromatic heterocycles. The quantitative estimate of drug-likeness (QED) is 0.596. The number of pyridine rings is 1. The first-order valence-corrected chi connectivity index (χ1v) is 8.37. The molecule has 0 spiro atoms. The molecule has 0 atom stereocenters. The maximum Gasteiger partial charge on any atom is 0.418 e. The Morgan fingerprint density at radius 1 is 1.26 bits per heavy atom. The Morgan fingerprint density at radius 2 is 2.04 bits per heavy atom. The Morgan fingerprint density at radius 3 is 2.74 bits per heavy atom. The van der Waals surface area contributed by atoms with Gasteiger partial charge >= 0.3 is 6.18 Å². The molecular weight excluding hydrogens is 393 g/mol. The molecule has 0 aliphatic rings. The number of hydrogen-bond acceptors (Lipinski definition) is 4. The van der Waals surface area contributed by atoms with Gasteiger partial charge in [0.05, 0.1) is 18.0 Å². The molecule has 0 radical (unpaired) electrons. The molecule has 0 saturated heterocycles. The predicted octanol–water partition coefficient (Wildman–Crippen LogP) is 4.68. The van der Waals surface area contributed by atoms with Crippen LogP contribution < -0.4 is 0 Å². The van der Waals surface area contributed by atoms with Crippen LogP contribution in [-0.4, -0.2) is 25.3 Å². The van der Waals surface area contributed by atoms with Crippen LogP contribution in [0.4, 0.5) is 13.2 Å². The fourth-order valence-electron chi connectivity index (χ4n) is 2.02. The van der Waals surface area contributed by atoms with Crippen LogP contribution >= 0.6 is 27.7 Å². The predicted molar refractivity (Wildman–Crippen MR) is 85.3 cm³/mol. The third kappa shape index (κ3) is 3.35. The average Bonchev–Trinajstić information content (AvgIpc) is 2.89. The monoisotopic (exact) mass is 402 g/mol. The number of hydrogen-bond donors (Lipinski definition) is 0. The summed E-state index contributed by atoms with van der Waals surface area (Å²) in [4.78, 5) is 9.48. The van der Waals surface area contributed by atoms with E-state index in [4.69, 9.17) is 0 Å². The summed E-state index contributed by atoms with van der Waals surface area (Å²) in [6.45, 7) is 2.01. The summed E-state index contributed by atoms with van der Waals surface area (Å²) in [5, 5.41) is 3.78. The lowest BCUT2D eigenvalue weighted by Crippen LogP contribution is -2.06. The maximum absolute atomic E-state index is 12.8. The van der Waals surface area contributed by atoms with Crippen molar-refractivity contribution in [1.29, 1.82) is 0 Å². The van der Waals surface area contributed by atoms with E-state index < -0.39 is 11.7 Å². The van der Waals surface area contributed by atoms with Crippen molar-refractivity contribution in [1.82, 2.24) is 19.6 Å². The lowest BCUT2D eigenvalue weighted by atomic mass is 10.3. The van der Waals surface area contributed by atoms with Gasteiger partial charge in [-0.1, -0.05) is 6.92 Å². The van der Waals surface area contributed by atoms with Crippen molar-refractivity contribution in [3.05, 3.63) is 40.8 Å². The zero-order valence-electron chi connectivity index (χ0n) is 11.8. The highest BCUT2D eigenvalue weighted by Crippen LogP contribution is 2.32. The average molecular weight is 403 g/mol. The normalized spacial score (nSPS) is 12.0. The molecule has 0 saturated carbocycles. The van der Waals surface area contributed by atoms with E-state index in [9.17, 15) is 13.2 Å². The van der Waals surface area contributed by atoms with Gasteiger partial charge in [0.25, 0.3) is 0 Å². The molecule has 0 fully saturated rings. The van der Waals surface area contributed by atoms with Crippen LogP contribution in [0.1, 0.15) is 12.5 Å². The highest BCUT2D eigenvalue weighted by Gasteiger charge is 2.31. The largest absolute Gasteiger partial charge is 0.418 e. The van der Waals surface area contributed by atoms with Gasteiger partial charge < -0.3 is 0 Å². The Kier molecular flexibility index (Phi) is 4.33. The first-order chi connectivity index (χ1) is 10.9. The van der Waals surface area contributed by atoms with E-state index >= 15 is 0 Å². The molecule has 0 N–H and O–H groups in total. The summed E-state index contributed by atoms with van der Waals surface area (Å²) in [6, 6.07) is 2.89. The van der Waals surface area contributed by atoms with Gasteiger partial charge in [-0.25, -0.2) is 9.50 Å². The van der Waals surface area contributed by atoms with Crippen LogP contribution in [0, 0.1) is 0 Å². The highest BCUT2D eigenvalue weighted by atomic mass is 79.9. The van der Waals surface area contributed by atoms with Gasteiger partial charge in [0, 0.05) is 15.6 Å². The first kappa shape index (κ1) is 16.3. The molecule has 3 heterocycles. The van der Waals surface area contributed by atoms with Crippen molar-refractivity contribution >= 4 is 33.3 Å². The lowest BCUT2D eigenvalue weighted by molar-refractivity contribution is -0.137. The number of alkyl halides is 3. The minimum absolute atomic E-state index is 0.131. The van der Waals surface area contributed by atoms with Crippen LogP contribution in [-0.2, 0) is 6.18 Å². The van der Waals surface area contributed by atoms with Crippen molar-refractivity contribution in [2.24, 2.45) is 0 Å². The van der Waals surface area contributed by atoms with Gasteiger partial charge in [-0.15, -0.1) is 11.8 Å². The van der Waals surface area contributed by atoms with Crippen LogP contribution in [0.25, 0.3) is 17.0 Å². The van der Waals surface area contributed by atoms with Crippen LogP contribution in [0.5, 0.6) is 0 Å². The van der Waals surface area contributed by atoms with E-state index in [1.165, 1.54) is 4.52 Å². The number of imidazole rings is 1. The van der Waals surface area contributed by atoms with Crippen LogP contribution in [0.2, 0.25) is 0 Å². The second-order valence-corrected chi connectivity index (χ2v) is 6.83. The number of aromatic nitrogens is 4. The van der Waals surface area contributed by atoms with Crippen molar-refractivity contribution in [3.8, 4) is 11.4 Å². The molecule has 9 heteroatoms. The Hall–Kier alpha value is -1.61. The molecular formula is C14H10BrF3N4S. The standard InChI is InChI=1S/C14H10BrF3N4S/c1-2-23-11-4-9(15)6-19-13(11)10-7-22-12(21-10)3-8(5-20-22)14(16,17)18/h3-7H,2H2,1H3. The molecule has 3 aromatic rings. The van der Waals surface area contributed by atoms with Gasteiger partial charge in [0.2, 0.25) is 0 Å². The summed E-state index contributed by atoms with van der Waals surface area (Å²) < 4.78 is 40.4. The fourth-order valence-corrected chi connectivity index (χ4v) is 3.32. The molecule has 0 aromatic carbocycles. The van der Waals surface area contributed by atoms with Gasteiger partial charge in [0.1, 0.15) is 11.4 Å². The maximum atomic E-state index is 12.8. The van der Waals surface area contributed by atoms with Crippen molar-refractivity contribution in [2.75, 3.05) is 5.75 Å². The molecule has 23 heavy (non-hydrogen) atoms. The SMILES string of the molecule is CCSc1cc(Br)cnc1-c1cn2ncc(C(F)(F)F)cc2n1. The minimum Gasteiger partial charge on any atom is -0.252 e. The first-order valence-electron chi connectivity index (χ1n) is 6.60. The van der Waals surface area contributed by atoms with E-state index in [2.05, 4.69) is 31.0 Å². The van der Waals surface area contributed by atoms with Gasteiger partial charge in [-0.2, -0.15) is 18.3 Å². The molecule has 0 unspecified atom stereocenters. The van der Waals surface area contributed by atoms with Crippen LogP contribution in [0.15, 0.2) is 40.1 Å². The second kappa shape index (κ2) is 6.12. The lowest BCUT2D eigenvalue weighted by Gasteiger charge is -2.05. The summed E-state index contributed by atoms with van der Waals surface area (Å²) in [6.07, 6.45) is -0.450. The molecule has 0 amide bonds. The zero-order valence-corrected chi connectivity index (χ0v) is 14.2. The third-order valence-electron chi connectivity index (χ3n) is 3.01.